The van der Waals surface area contributed by atoms with Crippen molar-refractivity contribution in [2.75, 3.05) is 33.2 Å². The molecule has 1 unspecified atom stereocenters. The molecule has 1 atom stereocenters. The highest BCUT2D eigenvalue weighted by molar-refractivity contribution is 14.0. The first kappa shape index (κ1) is 20.2. The van der Waals surface area contributed by atoms with Crippen molar-refractivity contribution in [3.05, 3.63) is 24.2 Å². The summed E-state index contributed by atoms with van der Waals surface area (Å²) in [7, 11) is -1.52. The molecule has 2 N–H and O–H groups in total. The molecule has 132 valence electrons. The fourth-order valence-corrected chi connectivity index (χ4v) is 4.01. The molecular formula is C14H25IN4O3S. The summed E-state index contributed by atoms with van der Waals surface area (Å²) >= 11 is 0. The quantitative estimate of drug-likeness (QED) is 0.380. The molecule has 23 heavy (non-hydrogen) atoms. The van der Waals surface area contributed by atoms with E-state index in [9.17, 15) is 8.42 Å². The van der Waals surface area contributed by atoms with Crippen molar-refractivity contribution >= 4 is 40.0 Å². The predicted octanol–water partition coefficient (Wildman–Crippen LogP) is 1.03. The molecule has 0 amide bonds. The summed E-state index contributed by atoms with van der Waals surface area (Å²) in [6.45, 7) is 4.07. The molecule has 9 heteroatoms. The maximum absolute atomic E-state index is 12.0. The fourth-order valence-electron chi connectivity index (χ4n) is 2.58. The lowest BCUT2D eigenvalue weighted by atomic mass is 10.3. The van der Waals surface area contributed by atoms with Crippen LogP contribution in [0.3, 0.4) is 0 Å². The van der Waals surface area contributed by atoms with Crippen LogP contribution in [0.2, 0.25) is 0 Å². The lowest BCUT2D eigenvalue weighted by molar-refractivity contribution is 0.480. The topological polar surface area (TPSA) is 86.9 Å². The van der Waals surface area contributed by atoms with Gasteiger partial charge in [0.25, 0.3) is 0 Å². The summed E-state index contributed by atoms with van der Waals surface area (Å²) in [6.07, 6.45) is 3.04. The summed E-state index contributed by atoms with van der Waals surface area (Å²) in [5.41, 5.74) is 0. The van der Waals surface area contributed by atoms with Crippen LogP contribution >= 0.6 is 24.0 Å². The van der Waals surface area contributed by atoms with Gasteiger partial charge in [-0.2, -0.15) is 0 Å². The molecule has 1 fully saturated rings. The number of aliphatic imine (C=N–C) groups is 1. The third-order valence-corrected chi connectivity index (χ3v) is 5.63. The zero-order chi connectivity index (χ0) is 16.0. The van der Waals surface area contributed by atoms with Gasteiger partial charge in [0, 0.05) is 39.6 Å². The van der Waals surface area contributed by atoms with Gasteiger partial charge < -0.3 is 14.6 Å². The number of sulfonamides is 1. The molecule has 1 saturated heterocycles. The Balaban J connectivity index is 0.00000264. The lowest BCUT2D eigenvalue weighted by Crippen LogP contribution is -2.43. The number of furan rings is 1. The van der Waals surface area contributed by atoms with E-state index in [2.05, 4.69) is 15.0 Å². The number of rotatable bonds is 6. The van der Waals surface area contributed by atoms with Crippen LogP contribution in [0.25, 0.3) is 0 Å². The second kappa shape index (κ2) is 9.48. The maximum atomic E-state index is 12.0. The Morgan fingerprint density at radius 2 is 2.30 bits per heavy atom. The van der Waals surface area contributed by atoms with E-state index in [4.69, 9.17) is 4.42 Å². The minimum atomic E-state index is -3.23. The van der Waals surface area contributed by atoms with E-state index in [-0.39, 0.29) is 29.2 Å². The Bertz CT molecular complexity index is 589. The molecule has 1 aromatic rings. The number of hydrogen-bond donors (Lipinski definition) is 2. The highest BCUT2D eigenvalue weighted by Crippen LogP contribution is 2.16. The highest BCUT2D eigenvalue weighted by atomic mass is 127. The number of guanidine groups is 1. The van der Waals surface area contributed by atoms with Gasteiger partial charge in [-0.1, -0.05) is 6.92 Å². The van der Waals surface area contributed by atoms with Crippen molar-refractivity contribution in [2.45, 2.75) is 25.0 Å². The molecule has 1 aliphatic heterocycles. The molecule has 0 aliphatic carbocycles. The van der Waals surface area contributed by atoms with E-state index >= 15 is 0 Å². The van der Waals surface area contributed by atoms with Gasteiger partial charge >= 0.3 is 0 Å². The molecule has 0 aromatic carbocycles. The summed E-state index contributed by atoms with van der Waals surface area (Å²) in [5.74, 6) is 1.65. The van der Waals surface area contributed by atoms with Gasteiger partial charge in [0.15, 0.2) is 5.96 Å². The van der Waals surface area contributed by atoms with Crippen molar-refractivity contribution in [1.82, 2.24) is 14.9 Å². The van der Waals surface area contributed by atoms with Crippen molar-refractivity contribution in [3.8, 4) is 0 Å². The Morgan fingerprint density at radius 3 is 2.91 bits per heavy atom. The molecule has 7 nitrogen and oxygen atoms in total. The number of nitrogens with one attached hydrogen (secondary N) is 2. The van der Waals surface area contributed by atoms with Gasteiger partial charge in [-0.15, -0.1) is 24.0 Å². The number of halogens is 1. The molecule has 1 aromatic heterocycles. The van der Waals surface area contributed by atoms with Gasteiger partial charge in [-0.25, -0.2) is 13.1 Å². The van der Waals surface area contributed by atoms with Crippen molar-refractivity contribution in [3.63, 3.8) is 0 Å². The van der Waals surface area contributed by atoms with E-state index in [1.165, 1.54) is 0 Å². The standard InChI is InChI=1S/C14H24N4O3S.HI/c1-3-17-22(19,20)13-7-9-18(11-13)14(15-2)16-8-6-12-5-4-10-21-12;/h4-5,10,13,17H,3,6-9,11H2,1-2H3,(H,15,16);1H. The van der Waals surface area contributed by atoms with Gasteiger partial charge in [0.05, 0.1) is 11.5 Å². The average Bonchev–Trinajstić information content (AvgIpc) is 3.15. The first-order valence-corrected chi connectivity index (χ1v) is 9.08. The van der Waals surface area contributed by atoms with Crippen LogP contribution < -0.4 is 10.0 Å². The minimum Gasteiger partial charge on any atom is -0.469 e. The van der Waals surface area contributed by atoms with Crippen LogP contribution in [0.4, 0.5) is 0 Å². The molecule has 1 aliphatic rings. The van der Waals surface area contributed by atoms with Crippen molar-refractivity contribution < 1.29 is 12.8 Å². The van der Waals surface area contributed by atoms with Crippen LogP contribution in [0, 0.1) is 0 Å². The average molecular weight is 456 g/mol. The highest BCUT2D eigenvalue weighted by Gasteiger charge is 2.33. The SMILES string of the molecule is CCNS(=O)(=O)C1CCN(C(=NC)NCCc2ccco2)C1.I. The summed E-state index contributed by atoms with van der Waals surface area (Å²) in [4.78, 5) is 6.22. The van der Waals surface area contributed by atoms with Crippen LogP contribution in [0.5, 0.6) is 0 Å². The van der Waals surface area contributed by atoms with Crippen LogP contribution in [-0.4, -0.2) is 57.8 Å². The van der Waals surface area contributed by atoms with Crippen molar-refractivity contribution in [2.24, 2.45) is 4.99 Å². The second-order valence-corrected chi connectivity index (χ2v) is 7.25. The Kier molecular flexibility index (Phi) is 8.34. The summed E-state index contributed by atoms with van der Waals surface area (Å²) in [5, 5.41) is 2.88. The Labute approximate surface area is 155 Å². The Morgan fingerprint density at radius 1 is 1.52 bits per heavy atom. The molecule has 2 rings (SSSR count). The first-order valence-electron chi connectivity index (χ1n) is 7.53. The van der Waals surface area contributed by atoms with Gasteiger partial charge in [-0.3, -0.25) is 4.99 Å². The van der Waals surface area contributed by atoms with Crippen molar-refractivity contribution in [1.29, 1.82) is 0 Å². The zero-order valence-electron chi connectivity index (χ0n) is 13.5. The van der Waals surface area contributed by atoms with Gasteiger partial charge in [0.1, 0.15) is 5.76 Å². The molecule has 0 saturated carbocycles. The largest absolute Gasteiger partial charge is 0.469 e. The Hall–Kier alpha value is -0.810. The fraction of sp³-hybridized carbons (Fsp3) is 0.643. The normalized spacial score (nSPS) is 18.8. The second-order valence-electron chi connectivity index (χ2n) is 5.20. The van der Waals surface area contributed by atoms with E-state index in [1.807, 2.05) is 17.0 Å². The van der Waals surface area contributed by atoms with Gasteiger partial charge in [0.2, 0.25) is 10.0 Å². The van der Waals surface area contributed by atoms with E-state index in [0.29, 0.717) is 32.6 Å². The summed E-state index contributed by atoms with van der Waals surface area (Å²) in [6, 6.07) is 3.79. The number of nitrogens with zero attached hydrogens (tertiary/aromatic N) is 2. The molecule has 0 bridgehead atoms. The third-order valence-electron chi connectivity index (χ3n) is 3.68. The number of likely N-dealkylation sites (tertiary alicyclic amines) is 1. The molecule has 2 heterocycles. The predicted molar refractivity (Wildman–Crippen MR) is 102 cm³/mol. The lowest BCUT2D eigenvalue weighted by Gasteiger charge is -2.21. The van der Waals surface area contributed by atoms with E-state index in [1.54, 1.807) is 20.2 Å². The maximum Gasteiger partial charge on any atom is 0.216 e. The van der Waals surface area contributed by atoms with E-state index < -0.39 is 10.0 Å². The number of hydrogen-bond acceptors (Lipinski definition) is 4. The molecule has 0 radical (unpaired) electrons. The van der Waals surface area contributed by atoms with Crippen LogP contribution in [-0.2, 0) is 16.4 Å². The van der Waals surface area contributed by atoms with Gasteiger partial charge in [-0.05, 0) is 18.6 Å². The smallest absolute Gasteiger partial charge is 0.216 e. The first-order chi connectivity index (χ1) is 10.6. The zero-order valence-corrected chi connectivity index (χ0v) is 16.6. The van der Waals surface area contributed by atoms with Crippen LogP contribution in [0.1, 0.15) is 19.1 Å². The molecular weight excluding hydrogens is 431 g/mol. The summed E-state index contributed by atoms with van der Waals surface area (Å²) < 4.78 is 32.0. The third kappa shape index (κ3) is 5.64. The van der Waals surface area contributed by atoms with E-state index in [0.717, 1.165) is 18.1 Å². The monoisotopic (exact) mass is 456 g/mol. The molecule has 0 spiro atoms. The minimum absolute atomic E-state index is 0. The van der Waals surface area contributed by atoms with Crippen LogP contribution in [0.15, 0.2) is 27.8 Å².